The summed E-state index contributed by atoms with van der Waals surface area (Å²) in [6.45, 7) is 0. The summed E-state index contributed by atoms with van der Waals surface area (Å²) in [6.07, 6.45) is -0.120. The Bertz CT molecular complexity index is 1010. The second kappa shape index (κ2) is 6.48. The molecule has 2 amide bonds. The normalized spacial score (nSPS) is 15.7. The number of halogens is 1. The lowest BCUT2D eigenvalue weighted by molar-refractivity contribution is -0.121. The van der Waals surface area contributed by atoms with E-state index in [0.29, 0.717) is 5.69 Å². The maximum absolute atomic E-state index is 13.7. The van der Waals surface area contributed by atoms with Crippen LogP contribution in [-0.2, 0) is 9.59 Å². The molecule has 0 saturated carbocycles. The van der Waals surface area contributed by atoms with Gasteiger partial charge in [0.1, 0.15) is 11.9 Å². The van der Waals surface area contributed by atoms with E-state index >= 15 is 0 Å². The number of para-hydroxylation sites is 1. The number of amides is 2. The number of hydrogen-bond acceptors (Lipinski definition) is 3. The summed E-state index contributed by atoms with van der Waals surface area (Å²) in [7, 11) is 0. The van der Waals surface area contributed by atoms with E-state index in [9.17, 15) is 14.0 Å². The van der Waals surface area contributed by atoms with Gasteiger partial charge in [-0.2, -0.15) is 0 Å². The third-order valence-electron chi connectivity index (χ3n) is 4.35. The summed E-state index contributed by atoms with van der Waals surface area (Å²) in [5.74, 6) is -1.27. The maximum Gasteiger partial charge on any atom is 0.247 e. The van der Waals surface area contributed by atoms with Crippen LogP contribution in [0.25, 0.3) is 10.8 Å². The molecule has 130 valence electrons. The zero-order chi connectivity index (χ0) is 18.1. The summed E-state index contributed by atoms with van der Waals surface area (Å²) in [6, 6.07) is 16.5. The smallest absolute Gasteiger partial charge is 0.247 e. The van der Waals surface area contributed by atoms with E-state index in [1.807, 2.05) is 36.4 Å². The Hall–Kier alpha value is -3.41. The number of anilines is 3. The van der Waals surface area contributed by atoms with Crippen molar-refractivity contribution in [1.29, 1.82) is 0 Å². The van der Waals surface area contributed by atoms with E-state index in [0.717, 1.165) is 16.5 Å². The first kappa shape index (κ1) is 16.1. The molecule has 0 saturated heterocycles. The Balaban J connectivity index is 1.57. The van der Waals surface area contributed by atoms with Crippen LogP contribution in [-0.4, -0.2) is 17.9 Å². The van der Waals surface area contributed by atoms with Gasteiger partial charge in [0.05, 0.1) is 17.8 Å². The number of rotatable bonds is 3. The lowest BCUT2D eigenvalue weighted by Gasteiger charge is -2.16. The molecule has 6 heteroatoms. The molecule has 0 aliphatic carbocycles. The van der Waals surface area contributed by atoms with Gasteiger partial charge in [-0.25, -0.2) is 4.39 Å². The Morgan fingerprint density at radius 1 is 1.00 bits per heavy atom. The molecule has 3 aromatic rings. The fourth-order valence-corrected chi connectivity index (χ4v) is 3.13. The topological polar surface area (TPSA) is 70.2 Å². The number of carbonyl (C=O) groups excluding carboxylic acids is 2. The third kappa shape index (κ3) is 2.97. The zero-order valence-corrected chi connectivity index (χ0v) is 13.8. The molecule has 0 fully saturated rings. The predicted molar refractivity (Wildman–Crippen MR) is 99.6 cm³/mol. The van der Waals surface area contributed by atoms with Gasteiger partial charge in [0.2, 0.25) is 11.8 Å². The Morgan fingerprint density at radius 3 is 2.50 bits per heavy atom. The van der Waals surface area contributed by atoms with E-state index in [2.05, 4.69) is 16.0 Å². The van der Waals surface area contributed by atoms with Crippen molar-refractivity contribution in [1.82, 2.24) is 0 Å². The molecule has 4 rings (SSSR count). The highest BCUT2D eigenvalue weighted by Crippen LogP contribution is 2.33. The highest BCUT2D eigenvalue weighted by atomic mass is 19.1. The van der Waals surface area contributed by atoms with Gasteiger partial charge in [-0.15, -0.1) is 0 Å². The lowest BCUT2D eigenvalue weighted by atomic mass is 10.1. The minimum absolute atomic E-state index is 0.0944. The molecule has 0 radical (unpaired) electrons. The molecule has 0 aromatic heterocycles. The minimum Gasteiger partial charge on any atom is -0.373 e. The summed E-state index contributed by atoms with van der Waals surface area (Å²) in [5.41, 5.74) is 1.57. The van der Waals surface area contributed by atoms with Gasteiger partial charge >= 0.3 is 0 Å². The predicted octanol–water partition coefficient (Wildman–Crippen LogP) is 3.74. The summed E-state index contributed by atoms with van der Waals surface area (Å²) in [5, 5.41) is 10.4. The summed E-state index contributed by atoms with van der Waals surface area (Å²) >= 11 is 0. The molecule has 1 unspecified atom stereocenters. The molecule has 0 spiro atoms. The molecule has 3 aromatic carbocycles. The third-order valence-corrected chi connectivity index (χ3v) is 4.35. The molecular formula is C20H16FN3O2. The van der Waals surface area contributed by atoms with Crippen LogP contribution in [0.15, 0.2) is 60.7 Å². The van der Waals surface area contributed by atoms with Gasteiger partial charge < -0.3 is 16.0 Å². The Morgan fingerprint density at radius 2 is 1.73 bits per heavy atom. The van der Waals surface area contributed by atoms with E-state index < -0.39 is 17.8 Å². The Labute approximate surface area is 149 Å². The molecule has 1 heterocycles. The van der Waals surface area contributed by atoms with E-state index in [1.165, 1.54) is 12.1 Å². The highest BCUT2D eigenvalue weighted by molar-refractivity contribution is 6.13. The number of benzene rings is 3. The fraction of sp³-hybridized carbons (Fsp3) is 0.100. The first-order valence-electron chi connectivity index (χ1n) is 8.25. The standard InChI is InChI=1S/C20H16FN3O2/c21-13-7-1-2-8-14(13)23-18(25)11-17-20(26)24-16-10-4-6-12-5-3-9-15(22-17)19(12)16/h1-10,17,22H,11H2,(H,23,25)(H,24,26). The SMILES string of the molecule is O=C(CC1Nc2cccc3cccc(c23)NC1=O)Nc1ccccc1F. The first-order valence-corrected chi connectivity index (χ1v) is 8.25. The summed E-state index contributed by atoms with van der Waals surface area (Å²) in [4.78, 5) is 24.9. The monoisotopic (exact) mass is 349 g/mol. The number of carbonyl (C=O) groups is 2. The molecule has 0 bridgehead atoms. The van der Waals surface area contributed by atoms with Crippen LogP contribution in [0.2, 0.25) is 0 Å². The molecule has 1 aliphatic heterocycles. The fourth-order valence-electron chi connectivity index (χ4n) is 3.13. The van der Waals surface area contributed by atoms with Crippen molar-refractivity contribution in [2.45, 2.75) is 12.5 Å². The van der Waals surface area contributed by atoms with Gasteiger partial charge in [-0.05, 0) is 29.7 Å². The van der Waals surface area contributed by atoms with Crippen LogP contribution in [0.5, 0.6) is 0 Å². The van der Waals surface area contributed by atoms with Crippen LogP contribution in [0.3, 0.4) is 0 Å². The highest BCUT2D eigenvalue weighted by Gasteiger charge is 2.26. The van der Waals surface area contributed by atoms with Gasteiger partial charge in [0.25, 0.3) is 0 Å². The van der Waals surface area contributed by atoms with Crippen molar-refractivity contribution in [2.75, 3.05) is 16.0 Å². The first-order chi connectivity index (χ1) is 12.6. The molecule has 1 aliphatic rings. The van der Waals surface area contributed by atoms with Crippen LogP contribution >= 0.6 is 0 Å². The van der Waals surface area contributed by atoms with Crippen molar-refractivity contribution in [3.8, 4) is 0 Å². The Kier molecular flexibility index (Phi) is 4.01. The second-order valence-electron chi connectivity index (χ2n) is 6.13. The quantitative estimate of drug-likeness (QED) is 0.675. The van der Waals surface area contributed by atoms with Gasteiger partial charge in [0, 0.05) is 11.1 Å². The number of hydrogen-bond donors (Lipinski definition) is 3. The van der Waals surface area contributed by atoms with Crippen LogP contribution in [0.1, 0.15) is 6.42 Å². The second-order valence-corrected chi connectivity index (χ2v) is 6.13. The average molecular weight is 349 g/mol. The van der Waals surface area contributed by atoms with E-state index in [1.54, 1.807) is 12.1 Å². The summed E-state index contributed by atoms with van der Waals surface area (Å²) < 4.78 is 13.7. The lowest BCUT2D eigenvalue weighted by Crippen LogP contribution is -2.36. The largest absolute Gasteiger partial charge is 0.373 e. The van der Waals surface area contributed by atoms with Crippen molar-refractivity contribution in [3.63, 3.8) is 0 Å². The maximum atomic E-state index is 13.7. The van der Waals surface area contributed by atoms with Gasteiger partial charge in [0.15, 0.2) is 0 Å². The van der Waals surface area contributed by atoms with Crippen LogP contribution in [0, 0.1) is 5.82 Å². The van der Waals surface area contributed by atoms with E-state index in [4.69, 9.17) is 0 Å². The van der Waals surface area contributed by atoms with Crippen molar-refractivity contribution < 1.29 is 14.0 Å². The molecular weight excluding hydrogens is 333 g/mol. The van der Waals surface area contributed by atoms with Gasteiger partial charge in [-0.3, -0.25) is 9.59 Å². The van der Waals surface area contributed by atoms with Crippen LogP contribution < -0.4 is 16.0 Å². The minimum atomic E-state index is -0.764. The molecule has 26 heavy (non-hydrogen) atoms. The molecule has 5 nitrogen and oxygen atoms in total. The number of nitrogens with one attached hydrogen (secondary N) is 3. The average Bonchev–Trinajstić information content (AvgIpc) is 2.76. The molecule has 1 atom stereocenters. The van der Waals surface area contributed by atoms with Crippen molar-refractivity contribution in [2.24, 2.45) is 0 Å². The zero-order valence-electron chi connectivity index (χ0n) is 13.8. The van der Waals surface area contributed by atoms with E-state index in [-0.39, 0.29) is 18.0 Å². The molecule has 3 N–H and O–H groups in total. The van der Waals surface area contributed by atoms with Crippen LogP contribution in [0.4, 0.5) is 21.5 Å². The van der Waals surface area contributed by atoms with Gasteiger partial charge in [-0.1, -0.05) is 36.4 Å². The van der Waals surface area contributed by atoms with Crippen molar-refractivity contribution >= 4 is 39.6 Å². The van der Waals surface area contributed by atoms with Crippen molar-refractivity contribution in [3.05, 3.63) is 66.5 Å².